The molecule has 1 fully saturated rings. The maximum absolute atomic E-state index is 12.5. The average molecular weight is 276 g/mol. The Morgan fingerprint density at radius 2 is 1.75 bits per heavy atom. The van der Waals surface area contributed by atoms with Crippen LogP contribution in [0.25, 0.3) is 0 Å². The molecule has 0 radical (unpaired) electrons. The van der Waals surface area contributed by atoms with Gasteiger partial charge in [-0.2, -0.15) is 0 Å². The second-order valence-electron chi connectivity index (χ2n) is 5.35. The van der Waals surface area contributed by atoms with Crippen LogP contribution in [0.2, 0.25) is 0 Å². The number of amides is 1. The maximum atomic E-state index is 12.5. The standard InChI is InChI=1S/C15H20N2O3/c1-11-10-16(2)8-3-9-17(11)14(18)12-4-6-13(7-5-12)15(19)20/h4-7,11H,3,8-10H2,1-2H3,(H,19,20). The van der Waals surface area contributed by atoms with Gasteiger partial charge in [0.05, 0.1) is 5.56 Å². The Kier molecular flexibility index (Phi) is 4.39. The van der Waals surface area contributed by atoms with Crippen LogP contribution in [0.5, 0.6) is 0 Å². The van der Waals surface area contributed by atoms with Gasteiger partial charge in [-0.25, -0.2) is 4.79 Å². The summed E-state index contributed by atoms with van der Waals surface area (Å²) >= 11 is 0. The van der Waals surface area contributed by atoms with Crippen LogP contribution in [0.15, 0.2) is 24.3 Å². The van der Waals surface area contributed by atoms with Crippen LogP contribution < -0.4 is 0 Å². The fourth-order valence-corrected chi connectivity index (χ4v) is 2.60. The van der Waals surface area contributed by atoms with Crippen LogP contribution >= 0.6 is 0 Å². The zero-order valence-corrected chi connectivity index (χ0v) is 11.9. The lowest BCUT2D eigenvalue weighted by Crippen LogP contribution is -2.42. The van der Waals surface area contributed by atoms with Gasteiger partial charge < -0.3 is 14.9 Å². The van der Waals surface area contributed by atoms with E-state index in [1.54, 1.807) is 12.1 Å². The van der Waals surface area contributed by atoms with E-state index in [4.69, 9.17) is 5.11 Å². The van der Waals surface area contributed by atoms with E-state index < -0.39 is 5.97 Å². The van der Waals surface area contributed by atoms with Gasteiger partial charge in [0.1, 0.15) is 0 Å². The summed E-state index contributed by atoms with van der Waals surface area (Å²) in [6.45, 7) is 4.64. The molecule has 1 aromatic rings. The number of nitrogens with zero attached hydrogens (tertiary/aromatic N) is 2. The van der Waals surface area contributed by atoms with Gasteiger partial charge in [-0.15, -0.1) is 0 Å². The highest BCUT2D eigenvalue weighted by atomic mass is 16.4. The normalized spacial score (nSPS) is 20.5. The van der Waals surface area contributed by atoms with Crippen molar-refractivity contribution in [1.29, 1.82) is 0 Å². The lowest BCUT2D eigenvalue weighted by atomic mass is 10.1. The first-order valence-corrected chi connectivity index (χ1v) is 6.82. The van der Waals surface area contributed by atoms with Crippen LogP contribution in [0.3, 0.4) is 0 Å². The lowest BCUT2D eigenvalue weighted by molar-refractivity contribution is 0.0682. The van der Waals surface area contributed by atoms with E-state index in [0.717, 1.165) is 26.1 Å². The van der Waals surface area contributed by atoms with E-state index >= 15 is 0 Å². The fraction of sp³-hybridized carbons (Fsp3) is 0.467. The third-order valence-corrected chi connectivity index (χ3v) is 3.69. The highest BCUT2D eigenvalue weighted by Gasteiger charge is 2.24. The molecule has 1 aromatic carbocycles. The molecule has 1 unspecified atom stereocenters. The van der Waals surface area contributed by atoms with Crippen LogP contribution in [-0.2, 0) is 0 Å². The van der Waals surface area contributed by atoms with Crippen molar-refractivity contribution in [3.63, 3.8) is 0 Å². The summed E-state index contributed by atoms with van der Waals surface area (Å²) in [6, 6.07) is 6.29. The molecule has 0 spiro atoms. The molecule has 1 amide bonds. The fourth-order valence-electron chi connectivity index (χ4n) is 2.60. The van der Waals surface area contributed by atoms with Crippen molar-refractivity contribution in [2.45, 2.75) is 19.4 Å². The predicted octanol–water partition coefficient (Wildman–Crippen LogP) is 1.55. The molecule has 1 atom stereocenters. The Bertz CT molecular complexity index is 498. The zero-order valence-electron chi connectivity index (χ0n) is 11.9. The second kappa shape index (κ2) is 6.05. The molecule has 1 heterocycles. The van der Waals surface area contributed by atoms with Crippen LogP contribution in [0, 0.1) is 0 Å². The van der Waals surface area contributed by atoms with Gasteiger partial charge in [0.25, 0.3) is 5.91 Å². The molecule has 20 heavy (non-hydrogen) atoms. The number of hydrogen-bond donors (Lipinski definition) is 1. The van der Waals surface area contributed by atoms with Crippen molar-refractivity contribution in [2.75, 3.05) is 26.7 Å². The molecule has 0 aliphatic carbocycles. The summed E-state index contributed by atoms with van der Waals surface area (Å²) in [5.74, 6) is -1.00. The highest BCUT2D eigenvalue weighted by Crippen LogP contribution is 2.14. The first kappa shape index (κ1) is 14.5. The SMILES string of the molecule is CC1CN(C)CCCN1C(=O)c1ccc(C(=O)O)cc1. The van der Waals surface area contributed by atoms with Gasteiger partial charge in [-0.1, -0.05) is 0 Å². The third kappa shape index (κ3) is 3.17. The molecule has 0 saturated carbocycles. The second-order valence-corrected chi connectivity index (χ2v) is 5.35. The first-order valence-electron chi connectivity index (χ1n) is 6.82. The topological polar surface area (TPSA) is 60.9 Å². The molecule has 108 valence electrons. The van der Waals surface area contributed by atoms with E-state index in [1.807, 2.05) is 11.8 Å². The monoisotopic (exact) mass is 276 g/mol. The largest absolute Gasteiger partial charge is 0.478 e. The number of carboxylic acid groups (broad SMARTS) is 1. The van der Waals surface area contributed by atoms with Crippen molar-refractivity contribution in [2.24, 2.45) is 0 Å². The van der Waals surface area contributed by atoms with E-state index in [0.29, 0.717) is 5.56 Å². The molecule has 5 heteroatoms. The molecule has 5 nitrogen and oxygen atoms in total. The first-order chi connectivity index (χ1) is 9.49. The van der Waals surface area contributed by atoms with Crippen LogP contribution in [0.1, 0.15) is 34.1 Å². The van der Waals surface area contributed by atoms with Crippen LogP contribution in [-0.4, -0.2) is 59.5 Å². The van der Waals surface area contributed by atoms with Gasteiger partial charge in [-0.05, 0) is 51.2 Å². The number of carbonyl (C=O) groups excluding carboxylic acids is 1. The van der Waals surface area contributed by atoms with Crippen molar-refractivity contribution >= 4 is 11.9 Å². The minimum Gasteiger partial charge on any atom is -0.478 e. The van der Waals surface area contributed by atoms with E-state index in [9.17, 15) is 9.59 Å². The Morgan fingerprint density at radius 3 is 2.35 bits per heavy atom. The molecule has 0 aromatic heterocycles. The minimum absolute atomic E-state index is 0.0234. The van der Waals surface area contributed by atoms with Gasteiger partial charge in [0.15, 0.2) is 0 Å². The number of carboxylic acids is 1. The summed E-state index contributed by atoms with van der Waals surface area (Å²) in [5, 5.41) is 8.87. The predicted molar refractivity (Wildman–Crippen MR) is 76.0 cm³/mol. The molecule has 1 aliphatic heterocycles. The van der Waals surface area contributed by atoms with Crippen molar-refractivity contribution in [3.05, 3.63) is 35.4 Å². The number of carbonyl (C=O) groups is 2. The maximum Gasteiger partial charge on any atom is 0.335 e. The van der Waals surface area contributed by atoms with E-state index in [1.165, 1.54) is 12.1 Å². The molecule has 1 N–H and O–H groups in total. The summed E-state index contributed by atoms with van der Waals surface area (Å²) in [4.78, 5) is 27.4. The highest BCUT2D eigenvalue weighted by molar-refractivity contribution is 5.96. The molecule has 1 saturated heterocycles. The number of aromatic carboxylic acids is 1. The van der Waals surface area contributed by atoms with Gasteiger partial charge >= 0.3 is 5.97 Å². The molecule has 0 bridgehead atoms. The average Bonchev–Trinajstić information content (AvgIpc) is 2.58. The molecular weight excluding hydrogens is 256 g/mol. The van der Waals surface area contributed by atoms with Crippen LogP contribution in [0.4, 0.5) is 0 Å². The zero-order chi connectivity index (χ0) is 14.7. The Hall–Kier alpha value is -1.88. The Morgan fingerprint density at radius 1 is 1.15 bits per heavy atom. The summed E-state index contributed by atoms with van der Waals surface area (Å²) in [7, 11) is 2.06. The number of hydrogen-bond acceptors (Lipinski definition) is 3. The Labute approximate surface area is 118 Å². The van der Waals surface area contributed by atoms with E-state index in [2.05, 4.69) is 11.9 Å². The third-order valence-electron chi connectivity index (χ3n) is 3.69. The summed E-state index contributed by atoms with van der Waals surface area (Å²) < 4.78 is 0. The number of likely N-dealkylation sites (N-methyl/N-ethyl adjacent to an activating group) is 1. The quantitative estimate of drug-likeness (QED) is 0.890. The van der Waals surface area contributed by atoms with Crippen molar-refractivity contribution in [1.82, 2.24) is 9.80 Å². The van der Waals surface area contributed by atoms with Gasteiger partial charge in [0, 0.05) is 24.7 Å². The number of rotatable bonds is 2. The minimum atomic E-state index is -0.978. The smallest absolute Gasteiger partial charge is 0.335 e. The van der Waals surface area contributed by atoms with Gasteiger partial charge in [-0.3, -0.25) is 4.79 Å². The number of benzene rings is 1. The van der Waals surface area contributed by atoms with Crippen molar-refractivity contribution in [3.8, 4) is 0 Å². The Balaban J connectivity index is 2.15. The summed E-state index contributed by atoms with van der Waals surface area (Å²) in [6.07, 6.45) is 0.958. The molecular formula is C15H20N2O3. The van der Waals surface area contributed by atoms with E-state index in [-0.39, 0.29) is 17.5 Å². The van der Waals surface area contributed by atoms with Crippen molar-refractivity contribution < 1.29 is 14.7 Å². The van der Waals surface area contributed by atoms with Gasteiger partial charge in [0.2, 0.25) is 0 Å². The molecule has 1 aliphatic rings. The molecule has 2 rings (SSSR count). The lowest BCUT2D eigenvalue weighted by Gasteiger charge is -2.28. The summed E-state index contributed by atoms with van der Waals surface area (Å²) in [5.41, 5.74) is 0.747.